The zero-order chi connectivity index (χ0) is 10.1. The Kier molecular flexibility index (Phi) is 2.54. The van der Waals surface area contributed by atoms with E-state index in [1.54, 1.807) is 0 Å². The van der Waals surface area contributed by atoms with Gasteiger partial charge >= 0.3 is 0 Å². The molecule has 0 unspecified atom stereocenters. The summed E-state index contributed by atoms with van der Waals surface area (Å²) in [7, 11) is 0. The fourth-order valence-electron chi connectivity index (χ4n) is 2.10. The number of nitrogens with zero attached hydrogens (tertiary/aromatic N) is 2. The molecular formula is C10H15N3S. The number of hydrogen-bond acceptors (Lipinski definition) is 2. The summed E-state index contributed by atoms with van der Waals surface area (Å²) in [5, 5.41) is 0. The second-order valence-electron chi connectivity index (χ2n) is 3.81. The third kappa shape index (κ3) is 1.66. The first-order chi connectivity index (χ1) is 6.68. The van der Waals surface area contributed by atoms with Crippen molar-refractivity contribution >= 4 is 17.2 Å². The van der Waals surface area contributed by atoms with Crippen LogP contribution in [0.25, 0.3) is 0 Å². The molecule has 0 saturated heterocycles. The number of rotatable bonds is 2. The minimum absolute atomic E-state index is 0.541. The van der Waals surface area contributed by atoms with Gasteiger partial charge in [0.2, 0.25) is 0 Å². The van der Waals surface area contributed by atoms with Crippen LogP contribution in [0.5, 0.6) is 0 Å². The topological polar surface area (TPSA) is 43.8 Å². The van der Waals surface area contributed by atoms with Crippen molar-refractivity contribution in [3.8, 4) is 0 Å². The lowest BCUT2D eigenvalue weighted by atomic mass is 10.0. The molecule has 1 aliphatic rings. The van der Waals surface area contributed by atoms with Crippen LogP contribution in [0.1, 0.15) is 30.1 Å². The highest BCUT2D eigenvalue weighted by Crippen LogP contribution is 2.21. The van der Waals surface area contributed by atoms with E-state index in [0.29, 0.717) is 11.5 Å². The van der Waals surface area contributed by atoms with Crippen molar-refractivity contribution in [1.82, 2.24) is 9.55 Å². The smallest absolute Gasteiger partial charge is 0.106 e. The normalized spacial score (nSPS) is 15.2. The summed E-state index contributed by atoms with van der Waals surface area (Å²) < 4.78 is 2.16. The zero-order valence-corrected chi connectivity index (χ0v) is 9.23. The highest BCUT2D eigenvalue weighted by atomic mass is 32.1. The van der Waals surface area contributed by atoms with Gasteiger partial charge in [0, 0.05) is 5.69 Å². The molecule has 1 aromatic rings. The second kappa shape index (κ2) is 3.69. The average Bonchev–Trinajstić information content (AvgIpc) is 2.43. The molecule has 0 bridgehead atoms. The van der Waals surface area contributed by atoms with Crippen molar-refractivity contribution in [2.24, 2.45) is 5.73 Å². The SMILES string of the molecule is Cc1nc2c(n1CC(N)=S)CCCC2. The molecular weight excluding hydrogens is 194 g/mol. The third-order valence-corrected chi connectivity index (χ3v) is 2.87. The van der Waals surface area contributed by atoms with Crippen LogP contribution in [0.3, 0.4) is 0 Å². The molecule has 0 amide bonds. The molecule has 1 aromatic heterocycles. The summed E-state index contributed by atoms with van der Waals surface area (Å²) in [4.78, 5) is 5.09. The van der Waals surface area contributed by atoms with E-state index in [1.165, 1.54) is 24.2 Å². The van der Waals surface area contributed by atoms with Gasteiger partial charge in [-0.3, -0.25) is 0 Å². The Morgan fingerprint density at radius 2 is 2.21 bits per heavy atom. The minimum Gasteiger partial charge on any atom is -0.392 e. The number of fused-ring (bicyclic) bond motifs is 1. The van der Waals surface area contributed by atoms with Gasteiger partial charge in [0.1, 0.15) is 5.82 Å². The summed E-state index contributed by atoms with van der Waals surface area (Å²) in [6.45, 7) is 2.67. The van der Waals surface area contributed by atoms with Crippen LogP contribution in [0.15, 0.2) is 0 Å². The number of imidazole rings is 1. The lowest BCUT2D eigenvalue weighted by Crippen LogP contribution is -2.20. The second-order valence-corrected chi connectivity index (χ2v) is 4.34. The van der Waals surface area contributed by atoms with Gasteiger partial charge < -0.3 is 10.3 Å². The Bertz CT molecular complexity index is 368. The first-order valence-corrected chi connectivity index (χ1v) is 5.42. The molecule has 0 spiro atoms. The van der Waals surface area contributed by atoms with Gasteiger partial charge in [0.25, 0.3) is 0 Å². The fourth-order valence-corrected chi connectivity index (χ4v) is 2.23. The van der Waals surface area contributed by atoms with E-state index < -0.39 is 0 Å². The van der Waals surface area contributed by atoms with Gasteiger partial charge in [-0.05, 0) is 32.6 Å². The van der Waals surface area contributed by atoms with Crippen LogP contribution in [-0.2, 0) is 19.4 Å². The molecule has 4 heteroatoms. The molecule has 76 valence electrons. The van der Waals surface area contributed by atoms with Crippen LogP contribution in [0, 0.1) is 6.92 Å². The average molecular weight is 209 g/mol. The lowest BCUT2D eigenvalue weighted by molar-refractivity contribution is 0.634. The number of thiocarbonyl (C=S) groups is 1. The van der Waals surface area contributed by atoms with Crippen molar-refractivity contribution in [1.29, 1.82) is 0 Å². The van der Waals surface area contributed by atoms with E-state index in [9.17, 15) is 0 Å². The van der Waals surface area contributed by atoms with Gasteiger partial charge in [0.05, 0.1) is 17.2 Å². The van der Waals surface area contributed by atoms with E-state index in [1.807, 2.05) is 6.92 Å². The molecule has 3 nitrogen and oxygen atoms in total. The molecule has 1 heterocycles. The highest BCUT2D eigenvalue weighted by molar-refractivity contribution is 7.80. The first-order valence-electron chi connectivity index (χ1n) is 5.01. The molecule has 0 radical (unpaired) electrons. The van der Waals surface area contributed by atoms with Crippen LogP contribution in [0.4, 0.5) is 0 Å². The molecule has 0 saturated carbocycles. The summed E-state index contributed by atoms with van der Waals surface area (Å²) in [5.74, 6) is 1.05. The molecule has 0 fully saturated rings. The molecule has 0 aromatic carbocycles. The Labute approximate surface area is 89.3 Å². The van der Waals surface area contributed by atoms with Gasteiger partial charge in [-0.25, -0.2) is 4.98 Å². The Hall–Kier alpha value is -0.900. The van der Waals surface area contributed by atoms with Crippen molar-refractivity contribution in [2.45, 2.75) is 39.2 Å². The molecule has 2 rings (SSSR count). The van der Waals surface area contributed by atoms with E-state index >= 15 is 0 Å². The predicted molar refractivity (Wildman–Crippen MR) is 60.4 cm³/mol. The van der Waals surface area contributed by atoms with Gasteiger partial charge in [-0.2, -0.15) is 0 Å². The van der Waals surface area contributed by atoms with E-state index in [0.717, 1.165) is 18.7 Å². The fraction of sp³-hybridized carbons (Fsp3) is 0.600. The van der Waals surface area contributed by atoms with Crippen LogP contribution >= 0.6 is 12.2 Å². The van der Waals surface area contributed by atoms with Gasteiger partial charge in [-0.15, -0.1) is 0 Å². The maximum Gasteiger partial charge on any atom is 0.106 e. The van der Waals surface area contributed by atoms with Crippen LogP contribution in [-0.4, -0.2) is 14.5 Å². The van der Waals surface area contributed by atoms with Crippen molar-refractivity contribution < 1.29 is 0 Å². The third-order valence-electron chi connectivity index (χ3n) is 2.74. The summed E-state index contributed by atoms with van der Waals surface area (Å²) in [6.07, 6.45) is 4.76. The largest absolute Gasteiger partial charge is 0.392 e. The summed E-state index contributed by atoms with van der Waals surface area (Å²) >= 11 is 4.94. The summed E-state index contributed by atoms with van der Waals surface area (Å²) in [5.41, 5.74) is 8.17. The Balaban J connectivity index is 2.37. The van der Waals surface area contributed by atoms with Crippen LogP contribution in [0.2, 0.25) is 0 Å². The number of hydrogen-bond donors (Lipinski definition) is 1. The van der Waals surface area contributed by atoms with Crippen LogP contribution < -0.4 is 5.73 Å². The number of aryl methyl sites for hydroxylation is 2. The Morgan fingerprint density at radius 1 is 1.50 bits per heavy atom. The molecule has 1 aliphatic carbocycles. The van der Waals surface area contributed by atoms with E-state index in [2.05, 4.69) is 9.55 Å². The van der Waals surface area contributed by atoms with Crippen molar-refractivity contribution in [2.75, 3.05) is 0 Å². The van der Waals surface area contributed by atoms with Gasteiger partial charge in [0.15, 0.2) is 0 Å². The monoisotopic (exact) mass is 209 g/mol. The number of aromatic nitrogens is 2. The standard InChI is InChI=1S/C10H15N3S/c1-7-12-8-4-2-3-5-9(8)13(7)6-10(11)14/h2-6H2,1H3,(H2,11,14). The Morgan fingerprint density at radius 3 is 2.93 bits per heavy atom. The summed E-state index contributed by atoms with van der Waals surface area (Å²) in [6, 6.07) is 0. The molecule has 0 atom stereocenters. The van der Waals surface area contributed by atoms with E-state index in [-0.39, 0.29) is 0 Å². The predicted octanol–water partition coefficient (Wildman–Crippen LogP) is 1.36. The van der Waals surface area contributed by atoms with Crippen molar-refractivity contribution in [3.05, 3.63) is 17.2 Å². The lowest BCUT2D eigenvalue weighted by Gasteiger charge is -2.13. The first kappa shape index (κ1) is 9.65. The quantitative estimate of drug-likeness (QED) is 0.748. The van der Waals surface area contributed by atoms with Gasteiger partial charge in [-0.1, -0.05) is 12.2 Å². The minimum atomic E-state index is 0.541. The zero-order valence-electron chi connectivity index (χ0n) is 8.42. The maximum absolute atomic E-state index is 5.57. The molecule has 14 heavy (non-hydrogen) atoms. The molecule has 0 aliphatic heterocycles. The van der Waals surface area contributed by atoms with Crippen molar-refractivity contribution in [3.63, 3.8) is 0 Å². The maximum atomic E-state index is 5.57. The molecule has 2 N–H and O–H groups in total. The van der Waals surface area contributed by atoms with E-state index in [4.69, 9.17) is 18.0 Å². The highest BCUT2D eigenvalue weighted by Gasteiger charge is 2.17. The number of nitrogens with two attached hydrogens (primary N) is 1.